The molecular weight excluding hydrogens is 300 g/mol. The zero-order valence-corrected chi connectivity index (χ0v) is 12.8. The molecule has 1 amide bonds. The molecule has 0 saturated heterocycles. The van der Waals surface area contributed by atoms with Gasteiger partial charge < -0.3 is 9.64 Å². The van der Waals surface area contributed by atoms with E-state index in [1.54, 1.807) is 12.0 Å². The molecule has 2 aromatic carbocycles. The van der Waals surface area contributed by atoms with Crippen LogP contribution in [0.1, 0.15) is 28.8 Å². The summed E-state index contributed by atoms with van der Waals surface area (Å²) < 4.78 is 31.5. The fourth-order valence-corrected chi connectivity index (χ4v) is 2.48. The summed E-state index contributed by atoms with van der Waals surface area (Å²) in [5, 5.41) is 0. The van der Waals surface area contributed by atoms with E-state index in [9.17, 15) is 13.6 Å². The van der Waals surface area contributed by atoms with Gasteiger partial charge in [0.25, 0.3) is 5.91 Å². The van der Waals surface area contributed by atoms with Gasteiger partial charge in [0.2, 0.25) is 0 Å². The van der Waals surface area contributed by atoms with E-state index in [0.717, 1.165) is 36.3 Å². The number of amides is 1. The molecule has 3 rings (SSSR count). The summed E-state index contributed by atoms with van der Waals surface area (Å²) >= 11 is 0. The molecule has 0 radical (unpaired) electrons. The Balaban J connectivity index is 1.80. The van der Waals surface area contributed by atoms with E-state index in [2.05, 4.69) is 0 Å². The molecule has 3 nitrogen and oxygen atoms in total. The van der Waals surface area contributed by atoms with Crippen molar-refractivity contribution in [3.8, 4) is 5.75 Å². The van der Waals surface area contributed by atoms with Crippen LogP contribution in [0.25, 0.3) is 0 Å². The third kappa shape index (κ3) is 3.50. The summed E-state index contributed by atoms with van der Waals surface area (Å²) in [5.74, 6) is -1.48. The molecule has 1 aliphatic rings. The van der Waals surface area contributed by atoms with Gasteiger partial charge in [-0.2, -0.15) is 0 Å². The minimum Gasteiger partial charge on any atom is -0.497 e. The van der Waals surface area contributed by atoms with Crippen molar-refractivity contribution in [2.24, 2.45) is 0 Å². The van der Waals surface area contributed by atoms with E-state index in [-0.39, 0.29) is 17.5 Å². The van der Waals surface area contributed by atoms with Crippen molar-refractivity contribution in [3.05, 3.63) is 65.2 Å². The second-order valence-corrected chi connectivity index (χ2v) is 5.64. The van der Waals surface area contributed by atoms with Crippen LogP contribution in [0, 0.1) is 11.6 Å². The number of carbonyl (C=O) groups is 1. The van der Waals surface area contributed by atoms with Crippen molar-refractivity contribution in [3.63, 3.8) is 0 Å². The summed E-state index contributed by atoms with van der Waals surface area (Å²) in [4.78, 5) is 14.3. The fourth-order valence-electron chi connectivity index (χ4n) is 2.48. The predicted octanol–water partition coefficient (Wildman–Crippen LogP) is 3.78. The van der Waals surface area contributed by atoms with Crippen LogP contribution in [0.3, 0.4) is 0 Å². The van der Waals surface area contributed by atoms with Gasteiger partial charge in [-0.05, 0) is 48.7 Å². The lowest BCUT2D eigenvalue weighted by Crippen LogP contribution is -2.32. The molecule has 0 aliphatic heterocycles. The third-order valence-electron chi connectivity index (χ3n) is 3.93. The van der Waals surface area contributed by atoms with Crippen molar-refractivity contribution < 1.29 is 18.3 Å². The Morgan fingerprint density at radius 2 is 1.83 bits per heavy atom. The summed E-state index contributed by atoms with van der Waals surface area (Å²) in [5.41, 5.74) is 1.14. The summed E-state index contributed by atoms with van der Waals surface area (Å²) in [6.45, 7) is 0.437. The molecule has 0 aromatic heterocycles. The normalized spacial score (nSPS) is 13.7. The molecule has 0 N–H and O–H groups in total. The highest BCUT2D eigenvalue weighted by atomic mass is 19.2. The lowest BCUT2D eigenvalue weighted by atomic mass is 10.1. The van der Waals surface area contributed by atoms with Crippen LogP contribution < -0.4 is 4.74 Å². The number of hydrogen-bond acceptors (Lipinski definition) is 2. The van der Waals surface area contributed by atoms with Crippen LogP contribution >= 0.6 is 0 Å². The molecule has 0 unspecified atom stereocenters. The monoisotopic (exact) mass is 317 g/mol. The van der Waals surface area contributed by atoms with E-state index < -0.39 is 11.6 Å². The van der Waals surface area contributed by atoms with Crippen LogP contribution in [-0.4, -0.2) is 24.0 Å². The zero-order valence-electron chi connectivity index (χ0n) is 12.8. The topological polar surface area (TPSA) is 29.5 Å². The van der Waals surface area contributed by atoms with Crippen molar-refractivity contribution in [2.45, 2.75) is 25.4 Å². The Labute approximate surface area is 133 Å². The van der Waals surface area contributed by atoms with E-state index in [0.29, 0.717) is 6.54 Å². The molecule has 2 aromatic rings. The lowest BCUT2D eigenvalue weighted by Gasteiger charge is -2.23. The van der Waals surface area contributed by atoms with E-state index in [1.807, 2.05) is 24.3 Å². The molecule has 0 spiro atoms. The van der Waals surface area contributed by atoms with Gasteiger partial charge in [-0.3, -0.25) is 4.79 Å². The van der Waals surface area contributed by atoms with Gasteiger partial charge in [0, 0.05) is 18.2 Å². The van der Waals surface area contributed by atoms with Gasteiger partial charge in [-0.25, -0.2) is 8.78 Å². The molecule has 0 bridgehead atoms. The van der Waals surface area contributed by atoms with E-state index >= 15 is 0 Å². The molecule has 0 atom stereocenters. The summed E-state index contributed by atoms with van der Waals surface area (Å²) in [6, 6.07) is 10.9. The Morgan fingerprint density at radius 1 is 1.13 bits per heavy atom. The first-order valence-electron chi connectivity index (χ1n) is 7.47. The molecule has 0 heterocycles. The van der Waals surface area contributed by atoms with Crippen molar-refractivity contribution in [1.82, 2.24) is 4.90 Å². The standard InChI is InChI=1S/C18H17F2NO2/c1-23-15-7-2-12(3-8-15)11-21(14-5-6-14)18(22)13-4-9-16(19)17(20)10-13/h2-4,7-10,14H,5-6,11H2,1H3. The number of carbonyl (C=O) groups excluding carboxylic acids is 1. The van der Waals surface area contributed by atoms with Crippen LogP contribution in [-0.2, 0) is 6.54 Å². The summed E-state index contributed by atoms with van der Waals surface area (Å²) in [7, 11) is 1.60. The number of hydrogen-bond donors (Lipinski definition) is 0. The maximum Gasteiger partial charge on any atom is 0.254 e. The van der Waals surface area contributed by atoms with Crippen LogP contribution in [0.15, 0.2) is 42.5 Å². The largest absolute Gasteiger partial charge is 0.497 e. The molecule has 1 saturated carbocycles. The number of rotatable bonds is 5. The zero-order chi connectivity index (χ0) is 16.4. The smallest absolute Gasteiger partial charge is 0.254 e. The fraction of sp³-hybridized carbons (Fsp3) is 0.278. The predicted molar refractivity (Wildman–Crippen MR) is 82.2 cm³/mol. The second kappa shape index (κ2) is 6.36. The number of methoxy groups -OCH3 is 1. The highest BCUT2D eigenvalue weighted by molar-refractivity contribution is 5.94. The SMILES string of the molecule is COc1ccc(CN(C(=O)c2ccc(F)c(F)c2)C2CC2)cc1. The Kier molecular flexibility index (Phi) is 4.28. The van der Waals surface area contributed by atoms with Crippen molar-refractivity contribution >= 4 is 5.91 Å². The molecule has 1 aliphatic carbocycles. The van der Waals surface area contributed by atoms with Gasteiger partial charge in [-0.1, -0.05) is 12.1 Å². The Morgan fingerprint density at radius 3 is 2.39 bits per heavy atom. The third-order valence-corrected chi connectivity index (χ3v) is 3.93. The number of ether oxygens (including phenoxy) is 1. The van der Waals surface area contributed by atoms with E-state index in [1.165, 1.54) is 6.07 Å². The molecular formula is C18H17F2NO2. The Bertz CT molecular complexity index is 711. The number of nitrogens with zero attached hydrogens (tertiary/aromatic N) is 1. The first-order valence-corrected chi connectivity index (χ1v) is 7.47. The van der Waals surface area contributed by atoms with E-state index in [4.69, 9.17) is 4.74 Å². The molecule has 1 fully saturated rings. The average molecular weight is 317 g/mol. The lowest BCUT2D eigenvalue weighted by molar-refractivity contribution is 0.0729. The number of benzene rings is 2. The number of halogens is 2. The second-order valence-electron chi connectivity index (χ2n) is 5.64. The average Bonchev–Trinajstić information content (AvgIpc) is 3.40. The highest BCUT2D eigenvalue weighted by Gasteiger charge is 2.33. The van der Waals surface area contributed by atoms with Gasteiger partial charge in [0.1, 0.15) is 5.75 Å². The molecule has 120 valence electrons. The van der Waals surface area contributed by atoms with Gasteiger partial charge >= 0.3 is 0 Å². The van der Waals surface area contributed by atoms with Crippen LogP contribution in [0.2, 0.25) is 0 Å². The first-order chi connectivity index (χ1) is 11.1. The van der Waals surface area contributed by atoms with Gasteiger partial charge in [0.15, 0.2) is 11.6 Å². The molecule has 5 heteroatoms. The summed E-state index contributed by atoms with van der Waals surface area (Å²) in [6.07, 6.45) is 1.87. The van der Waals surface area contributed by atoms with Crippen LogP contribution in [0.5, 0.6) is 5.75 Å². The maximum atomic E-state index is 13.4. The quantitative estimate of drug-likeness (QED) is 0.840. The first kappa shape index (κ1) is 15.5. The van der Waals surface area contributed by atoms with Crippen LogP contribution in [0.4, 0.5) is 8.78 Å². The van der Waals surface area contributed by atoms with Gasteiger partial charge in [-0.15, -0.1) is 0 Å². The van der Waals surface area contributed by atoms with Crippen molar-refractivity contribution in [2.75, 3.05) is 7.11 Å². The Hall–Kier alpha value is -2.43. The minimum atomic E-state index is -1.00. The van der Waals surface area contributed by atoms with Crippen molar-refractivity contribution in [1.29, 1.82) is 0 Å². The molecule has 23 heavy (non-hydrogen) atoms. The maximum absolute atomic E-state index is 13.4. The van der Waals surface area contributed by atoms with Gasteiger partial charge in [0.05, 0.1) is 7.11 Å². The minimum absolute atomic E-state index is 0.165. The highest BCUT2D eigenvalue weighted by Crippen LogP contribution is 2.30.